The van der Waals surface area contributed by atoms with Gasteiger partial charge in [-0.3, -0.25) is 4.79 Å². The minimum atomic E-state index is -0.155. The summed E-state index contributed by atoms with van der Waals surface area (Å²) >= 11 is 1.67. The van der Waals surface area contributed by atoms with Crippen LogP contribution in [0.3, 0.4) is 0 Å². The molecule has 2 aromatic carbocycles. The van der Waals surface area contributed by atoms with Crippen molar-refractivity contribution in [3.63, 3.8) is 0 Å². The van der Waals surface area contributed by atoms with Gasteiger partial charge in [0, 0.05) is 27.5 Å². The lowest BCUT2D eigenvalue weighted by Gasteiger charge is -2.19. The number of hydrogen-bond donors (Lipinski definition) is 1. The molecule has 1 N–H and O–H groups in total. The van der Waals surface area contributed by atoms with Gasteiger partial charge in [0.05, 0.1) is 11.4 Å². The predicted octanol–water partition coefficient (Wildman–Crippen LogP) is 7.26. The summed E-state index contributed by atoms with van der Waals surface area (Å²) in [7, 11) is 0. The van der Waals surface area contributed by atoms with E-state index in [4.69, 9.17) is 4.52 Å². The number of carbonyl (C=O) groups is 1. The van der Waals surface area contributed by atoms with Crippen LogP contribution in [0.25, 0.3) is 21.5 Å². The minimum absolute atomic E-state index is 0.0627. The third-order valence-electron chi connectivity index (χ3n) is 5.91. The Labute approximate surface area is 203 Å². The molecule has 0 saturated heterocycles. The molecule has 0 unspecified atom stereocenters. The van der Waals surface area contributed by atoms with Gasteiger partial charge in [0.1, 0.15) is 11.4 Å². The molecule has 1 amide bonds. The Morgan fingerprint density at radius 1 is 1.03 bits per heavy atom. The Morgan fingerprint density at radius 3 is 2.50 bits per heavy atom. The highest BCUT2D eigenvalue weighted by Crippen LogP contribution is 2.29. The number of aryl methyl sites for hydroxylation is 1. The second-order valence-electron chi connectivity index (χ2n) is 9.55. The fourth-order valence-electron chi connectivity index (χ4n) is 4.05. The van der Waals surface area contributed by atoms with Gasteiger partial charge < -0.3 is 14.4 Å². The van der Waals surface area contributed by atoms with Crippen LogP contribution in [0.5, 0.6) is 0 Å². The van der Waals surface area contributed by atoms with Gasteiger partial charge in [-0.2, -0.15) is 0 Å². The average molecular weight is 470 g/mol. The van der Waals surface area contributed by atoms with Crippen LogP contribution >= 0.6 is 11.3 Å². The van der Waals surface area contributed by atoms with Crippen LogP contribution < -0.4 is 5.32 Å². The van der Waals surface area contributed by atoms with Crippen molar-refractivity contribution in [3.05, 3.63) is 94.6 Å². The summed E-state index contributed by atoms with van der Waals surface area (Å²) < 4.78 is 7.60. The number of aromatic nitrogens is 2. The highest BCUT2D eigenvalue weighted by molar-refractivity contribution is 7.15. The van der Waals surface area contributed by atoms with E-state index in [1.54, 1.807) is 11.3 Å². The quantitative estimate of drug-likeness (QED) is 0.295. The molecular formula is C28H27N3O2S. The smallest absolute Gasteiger partial charge is 0.272 e. The van der Waals surface area contributed by atoms with Gasteiger partial charge in [-0.1, -0.05) is 56.3 Å². The molecule has 5 nitrogen and oxygen atoms in total. The molecule has 3 heterocycles. The molecule has 0 aliphatic rings. The van der Waals surface area contributed by atoms with Crippen LogP contribution in [0.4, 0.5) is 5.69 Å². The number of nitrogens with one attached hydrogen (secondary N) is 1. The summed E-state index contributed by atoms with van der Waals surface area (Å²) in [5.74, 6) is 0.590. The Hall–Kier alpha value is -3.64. The van der Waals surface area contributed by atoms with Gasteiger partial charge in [0.25, 0.3) is 5.91 Å². The first-order valence-electron chi connectivity index (χ1n) is 11.3. The molecule has 0 aliphatic carbocycles. The molecule has 34 heavy (non-hydrogen) atoms. The Kier molecular flexibility index (Phi) is 5.62. The zero-order chi connectivity index (χ0) is 23.9. The molecule has 0 bridgehead atoms. The van der Waals surface area contributed by atoms with Gasteiger partial charge >= 0.3 is 0 Å². The summed E-state index contributed by atoms with van der Waals surface area (Å²) in [6.07, 6.45) is 0. The number of carbonyl (C=O) groups excluding carboxylic acids is 1. The lowest BCUT2D eigenvalue weighted by atomic mass is 9.87. The van der Waals surface area contributed by atoms with E-state index in [0.29, 0.717) is 12.2 Å². The van der Waals surface area contributed by atoms with Crippen LogP contribution in [-0.4, -0.2) is 15.6 Å². The molecule has 172 valence electrons. The minimum Gasteiger partial charge on any atom is -0.355 e. The molecule has 6 heteroatoms. The largest absolute Gasteiger partial charge is 0.355 e. The molecule has 0 aliphatic heterocycles. The summed E-state index contributed by atoms with van der Waals surface area (Å²) in [6.45, 7) is 9.03. The third-order valence-corrected chi connectivity index (χ3v) is 6.93. The molecular weight excluding hydrogens is 442 g/mol. The number of fused-ring (bicyclic) bond motifs is 1. The summed E-state index contributed by atoms with van der Waals surface area (Å²) in [4.78, 5) is 15.6. The number of nitrogens with zero attached hydrogens (tertiary/aromatic N) is 2. The molecule has 0 spiro atoms. The van der Waals surface area contributed by atoms with Crippen molar-refractivity contribution in [3.8, 4) is 10.6 Å². The van der Waals surface area contributed by atoms with Crippen LogP contribution in [0.15, 0.2) is 77.3 Å². The van der Waals surface area contributed by atoms with E-state index in [1.807, 2.05) is 59.2 Å². The number of thiophene rings is 1. The maximum absolute atomic E-state index is 13.3. The van der Waals surface area contributed by atoms with E-state index in [2.05, 4.69) is 56.4 Å². The first-order valence-corrected chi connectivity index (χ1v) is 12.1. The lowest BCUT2D eigenvalue weighted by molar-refractivity contribution is 0.101. The fraction of sp³-hybridized carbons (Fsp3) is 0.214. The summed E-state index contributed by atoms with van der Waals surface area (Å²) in [5, 5.41) is 8.34. The molecule has 5 rings (SSSR count). The monoisotopic (exact) mass is 469 g/mol. The van der Waals surface area contributed by atoms with Gasteiger partial charge in [-0.25, -0.2) is 0 Å². The van der Waals surface area contributed by atoms with Crippen molar-refractivity contribution in [2.24, 2.45) is 0 Å². The predicted molar refractivity (Wildman–Crippen MR) is 139 cm³/mol. The van der Waals surface area contributed by atoms with Crippen LogP contribution in [-0.2, 0) is 12.0 Å². The van der Waals surface area contributed by atoms with E-state index in [-0.39, 0.29) is 11.3 Å². The number of amides is 1. The molecule has 3 aromatic heterocycles. The Morgan fingerprint density at radius 2 is 1.79 bits per heavy atom. The van der Waals surface area contributed by atoms with Crippen molar-refractivity contribution >= 4 is 33.8 Å². The highest BCUT2D eigenvalue weighted by atomic mass is 32.1. The van der Waals surface area contributed by atoms with Crippen LogP contribution in [0.1, 0.15) is 47.4 Å². The third kappa shape index (κ3) is 4.41. The first kappa shape index (κ1) is 22.2. The van der Waals surface area contributed by atoms with Gasteiger partial charge in [0.2, 0.25) is 0 Å². The van der Waals surface area contributed by atoms with E-state index in [1.165, 1.54) is 10.4 Å². The molecule has 5 aromatic rings. The molecule has 0 radical (unpaired) electrons. The topological polar surface area (TPSA) is 60.1 Å². The zero-order valence-electron chi connectivity index (χ0n) is 19.8. The summed E-state index contributed by atoms with van der Waals surface area (Å²) in [6, 6.07) is 24.0. The standard InChI is InChI=1S/C28H27N3O2S/c1-18-9-14-26(34-18)25-16-22(30-33-25)17-31-23-8-6-5-7-19(23)15-24(31)27(32)29-21-12-10-20(11-13-21)28(2,3)4/h5-16H,17H2,1-4H3,(H,29,32). The SMILES string of the molecule is Cc1ccc(-c2cc(Cn3c(C(=O)Nc4ccc(C(C)(C)C)cc4)cc4ccccc43)no2)s1. The van der Waals surface area contributed by atoms with Gasteiger partial charge in [0.15, 0.2) is 5.76 Å². The number of anilines is 1. The zero-order valence-corrected chi connectivity index (χ0v) is 20.6. The van der Waals surface area contributed by atoms with Crippen LogP contribution in [0, 0.1) is 6.92 Å². The van der Waals surface area contributed by atoms with Crippen molar-refractivity contribution in [1.29, 1.82) is 0 Å². The fourth-order valence-corrected chi connectivity index (χ4v) is 4.86. The molecule has 0 saturated carbocycles. The second-order valence-corrected chi connectivity index (χ2v) is 10.8. The Bertz CT molecular complexity index is 1470. The molecule has 0 atom stereocenters. The van der Waals surface area contributed by atoms with Crippen molar-refractivity contribution in [1.82, 2.24) is 9.72 Å². The van der Waals surface area contributed by atoms with E-state index in [9.17, 15) is 4.79 Å². The number of para-hydroxylation sites is 1. The average Bonchev–Trinajstić information content (AvgIpc) is 3.53. The Balaban J connectivity index is 1.44. The normalized spacial score (nSPS) is 11.8. The second kappa shape index (κ2) is 8.61. The maximum atomic E-state index is 13.3. The van der Waals surface area contributed by atoms with Gasteiger partial charge in [-0.15, -0.1) is 11.3 Å². The van der Waals surface area contributed by atoms with E-state index >= 15 is 0 Å². The van der Waals surface area contributed by atoms with Crippen molar-refractivity contribution in [2.75, 3.05) is 5.32 Å². The maximum Gasteiger partial charge on any atom is 0.272 e. The van der Waals surface area contributed by atoms with Crippen LogP contribution in [0.2, 0.25) is 0 Å². The van der Waals surface area contributed by atoms with E-state index in [0.717, 1.165) is 32.9 Å². The highest BCUT2D eigenvalue weighted by Gasteiger charge is 2.19. The lowest BCUT2D eigenvalue weighted by Crippen LogP contribution is -2.18. The number of benzene rings is 2. The summed E-state index contributed by atoms with van der Waals surface area (Å²) in [5.41, 5.74) is 4.39. The number of rotatable bonds is 5. The first-order chi connectivity index (χ1) is 16.3. The van der Waals surface area contributed by atoms with E-state index < -0.39 is 0 Å². The van der Waals surface area contributed by atoms with Gasteiger partial charge in [-0.05, 0) is 54.3 Å². The van der Waals surface area contributed by atoms with Crippen molar-refractivity contribution < 1.29 is 9.32 Å². The molecule has 0 fully saturated rings. The van der Waals surface area contributed by atoms with Crippen molar-refractivity contribution in [2.45, 2.75) is 39.7 Å². The number of hydrogen-bond acceptors (Lipinski definition) is 4.